The zero-order valence-corrected chi connectivity index (χ0v) is 17.8. The number of carbonyl (C=O) groups is 1. The van der Waals surface area contributed by atoms with Gasteiger partial charge in [-0.3, -0.25) is 0 Å². The molecule has 0 spiro atoms. The van der Waals surface area contributed by atoms with Crippen LogP contribution < -0.4 is 21.6 Å². The van der Waals surface area contributed by atoms with Crippen molar-refractivity contribution in [2.45, 2.75) is 33.6 Å². The minimum absolute atomic E-state index is 0.106. The summed E-state index contributed by atoms with van der Waals surface area (Å²) in [6.07, 6.45) is -2.95. The molecule has 2 rings (SSSR count). The van der Waals surface area contributed by atoms with E-state index in [1.54, 1.807) is 0 Å². The van der Waals surface area contributed by atoms with E-state index >= 15 is 0 Å². The normalized spacial score (nSPS) is 11.4. The minimum atomic E-state index is -4.77. The molecule has 0 heterocycles. The van der Waals surface area contributed by atoms with Crippen LogP contribution in [0, 0.1) is 5.92 Å². The van der Waals surface area contributed by atoms with Gasteiger partial charge in [0, 0.05) is 12.7 Å². The van der Waals surface area contributed by atoms with Gasteiger partial charge in [-0.2, -0.15) is 0 Å². The Morgan fingerprint density at radius 1 is 1.10 bits per heavy atom. The predicted molar refractivity (Wildman–Crippen MR) is 115 cm³/mol. The Morgan fingerprint density at radius 2 is 1.65 bits per heavy atom. The third kappa shape index (κ3) is 11.5. The summed E-state index contributed by atoms with van der Waals surface area (Å²) in [5.41, 5.74) is 7.39. The first-order valence-corrected chi connectivity index (χ1v) is 9.67. The molecule has 0 saturated carbocycles. The van der Waals surface area contributed by atoms with Crippen LogP contribution in [0.5, 0.6) is 5.75 Å². The molecule has 0 aliphatic rings. The summed E-state index contributed by atoms with van der Waals surface area (Å²) >= 11 is 0. The lowest BCUT2D eigenvalue weighted by molar-refractivity contribution is -0.274. The van der Waals surface area contributed by atoms with Gasteiger partial charge in [0.1, 0.15) is 5.75 Å². The summed E-state index contributed by atoms with van der Waals surface area (Å²) in [6.45, 7) is 6.88. The first-order valence-electron chi connectivity index (χ1n) is 9.67. The highest BCUT2D eigenvalue weighted by atomic mass is 19.4. The van der Waals surface area contributed by atoms with E-state index in [4.69, 9.17) is 11.6 Å². The number of carbonyl (C=O) groups excluding carboxylic acids is 1. The van der Waals surface area contributed by atoms with Crippen molar-refractivity contribution >= 4 is 11.7 Å². The Balaban J connectivity index is 0.00000110. The SMILES string of the molecule is CC(C)C.N/C(=C\N(N)C(=O)NCCc1ccccc1)c1ccc(OC(F)(F)F)cc1. The number of nitrogens with zero attached hydrogens (tertiary/aromatic N) is 1. The van der Waals surface area contributed by atoms with E-state index in [0.717, 1.165) is 28.6 Å². The monoisotopic (exact) mass is 438 g/mol. The van der Waals surface area contributed by atoms with Gasteiger partial charge < -0.3 is 15.8 Å². The molecule has 2 aromatic rings. The van der Waals surface area contributed by atoms with Gasteiger partial charge in [0.25, 0.3) is 0 Å². The van der Waals surface area contributed by atoms with Gasteiger partial charge >= 0.3 is 12.4 Å². The molecule has 0 aliphatic carbocycles. The van der Waals surface area contributed by atoms with Crippen LogP contribution >= 0.6 is 0 Å². The van der Waals surface area contributed by atoms with Gasteiger partial charge in [-0.25, -0.2) is 15.6 Å². The van der Waals surface area contributed by atoms with E-state index in [2.05, 4.69) is 30.8 Å². The average molecular weight is 438 g/mol. The number of benzene rings is 2. The number of hydrazine groups is 1. The highest BCUT2D eigenvalue weighted by Gasteiger charge is 2.30. The molecule has 31 heavy (non-hydrogen) atoms. The molecule has 0 radical (unpaired) electrons. The molecule has 0 unspecified atom stereocenters. The maximum Gasteiger partial charge on any atom is 0.573 e. The number of rotatable bonds is 6. The van der Waals surface area contributed by atoms with Crippen molar-refractivity contribution in [1.29, 1.82) is 0 Å². The molecule has 0 atom stereocenters. The fourth-order valence-electron chi connectivity index (χ4n) is 2.18. The number of hydrogen-bond acceptors (Lipinski definition) is 4. The smallest absolute Gasteiger partial charge is 0.406 e. The highest BCUT2D eigenvalue weighted by molar-refractivity contribution is 5.76. The summed E-state index contributed by atoms with van der Waals surface area (Å²) in [7, 11) is 0. The first-order chi connectivity index (χ1) is 14.5. The molecule has 170 valence electrons. The summed E-state index contributed by atoms with van der Waals surface area (Å²) in [5, 5.41) is 3.42. The topological polar surface area (TPSA) is 93.6 Å². The highest BCUT2D eigenvalue weighted by Crippen LogP contribution is 2.23. The molecule has 2 aromatic carbocycles. The number of nitrogens with two attached hydrogens (primary N) is 2. The lowest BCUT2D eigenvalue weighted by Crippen LogP contribution is -2.42. The number of halogens is 3. The van der Waals surface area contributed by atoms with E-state index in [9.17, 15) is 18.0 Å². The Labute approximate surface area is 180 Å². The molecular weight excluding hydrogens is 409 g/mol. The summed E-state index contributed by atoms with van der Waals surface area (Å²) in [5.74, 6) is 6.10. The van der Waals surface area contributed by atoms with Crippen LogP contribution in [-0.4, -0.2) is 23.9 Å². The number of hydrogen-bond donors (Lipinski definition) is 3. The average Bonchev–Trinajstić information content (AvgIpc) is 2.67. The number of amides is 2. The van der Waals surface area contributed by atoms with Crippen molar-refractivity contribution < 1.29 is 22.7 Å². The lowest BCUT2D eigenvalue weighted by Gasteiger charge is -2.15. The Bertz CT molecular complexity index is 820. The fourth-order valence-corrected chi connectivity index (χ4v) is 2.18. The zero-order chi connectivity index (χ0) is 23.4. The largest absolute Gasteiger partial charge is 0.573 e. The van der Waals surface area contributed by atoms with E-state index in [-0.39, 0.29) is 11.4 Å². The van der Waals surface area contributed by atoms with Crippen molar-refractivity contribution in [1.82, 2.24) is 10.3 Å². The van der Waals surface area contributed by atoms with Crippen LogP contribution in [0.3, 0.4) is 0 Å². The summed E-state index contributed by atoms with van der Waals surface area (Å²) < 4.78 is 40.2. The van der Waals surface area contributed by atoms with Gasteiger partial charge in [-0.1, -0.05) is 51.1 Å². The Morgan fingerprint density at radius 3 is 2.16 bits per heavy atom. The standard InChI is InChI=1S/C18H19F3N4O2.C4H10/c19-18(20,21)27-15-8-6-14(7-9-15)16(22)12-25(23)17(26)24-11-10-13-4-2-1-3-5-13;1-4(2)3/h1-9,12H,10-11,22-23H2,(H,24,26);4H,1-3H3/b16-12-;. The third-order valence-corrected chi connectivity index (χ3v) is 3.47. The fraction of sp³-hybridized carbons (Fsp3) is 0.318. The second-order valence-electron chi connectivity index (χ2n) is 7.26. The molecule has 2 amide bonds. The van der Waals surface area contributed by atoms with E-state index in [0.29, 0.717) is 18.5 Å². The minimum Gasteiger partial charge on any atom is -0.406 e. The van der Waals surface area contributed by atoms with E-state index in [1.165, 1.54) is 18.3 Å². The van der Waals surface area contributed by atoms with Gasteiger partial charge in [0.15, 0.2) is 0 Å². The van der Waals surface area contributed by atoms with Gasteiger partial charge in [0.05, 0.1) is 5.70 Å². The Kier molecular flexibility index (Phi) is 10.4. The second-order valence-corrected chi connectivity index (χ2v) is 7.26. The molecule has 0 aromatic heterocycles. The zero-order valence-electron chi connectivity index (χ0n) is 17.8. The maximum atomic E-state index is 12.1. The lowest BCUT2D eigenvalue weighted by atomic mass is 10.1. The molecule has 9 heteroatoms. The van der Waals surface area contributed by atoms with E-state index < -0.39 is 12.4 Å². The van der Waals surface area contributed by atoms with Crippen LogP contribution in [0.1, 0.15) is 31.9 Å². The van der Waals surface area contributed by atoms with Crippen molar-refractivity contribution in [3.8, 4) is 5.75 Å². The molecule has 6 nitrogen and oxygen atoms in total. The first kappa shape index (κ1) is 25.8. The van der Waals surface area contributed by atoms with Gasteiger partial charge in [0.2, 0.25) is 0 Å². The number of alkyl halides is 3. The molecule has 0 aliphatic heterocycles. The van der Waals surface area contributed by atoms with Gasteiger partial charge in [-0.15, -0.1) is 13.2 Å². The van der Waals surface area contributed by atoms with Gasteiger partial charge in [-0.05, 0) is 47.7 Å². The van der Waals surface area contributed by atoms with Crippen LogP contribution in [0.4, 0.5) is 18.0 Å². The van der Waals surface area contributed by atoms with Crippen LogP contribution in [-0.2, 0) is 6.42 Å². The van der Waals surface area contributed by atoms with Crippen LogP contribution in [0.15, 0.2) is 60.8 Å². The quantitative estimate of drug-likeness (QED) is 0.348. The van der Waals surface area contributed by atoms with Crippen LogP contribution in [0.2, 0.25) is 0 Å². The van der Waals surface area contributed by atoms with Crippen molar-refractivity contribution in [2.24, 2.45) is 17.5 Å². The van der Waals surface area contributed by atoms with E-state index in [1.807, 2.05) is 30.3 Å². The summed E-state index contributed by atoms with van der Waals surface area (Å²) in [6, 6.07) is 13.9. The van der Waals surface area contributed by atoms with Crippen molar-refractivity contribution in [3.05, 3.63) is 71.9 Å². The molecule has 5 N–H and O–H groups in total. The second kappa shape index (κ2) is 12.5. The molecule has 0 saturated heterocycles. The number of ether oxygens (including phenoxy) is 1. The molecular formula is C22H29F3N4O2. The van der Waals surface area contributed by atoms with Crippen molar-refractivity contribution in [3.63, 3.8) is 0 Å². The summed E-state index contributed by atoms with van der Waals surface area (Å²) in [4.78, 5) is 12.0. The number of nitrogens with one attached hydrogen (secondary N) is 1. The third-order valence-electron chi connectivity index (χ3n) is 3.47. The molecule has 0 fully saturated rings. The van der Waals surface area contributed by atoms with Crippen LogP contribution in [0.25, 0.3) is 5.70 Å². The van der Waals surface area contributed by atoms with Crippen molar-refractivity contribution in [2.75, 3.05) is 6.54 Å². The Hall–Kier alpha value is -3.20. The number of urea groups is 1. The molecule has 0 bridgehead atoms. The predicted octanol–water partition coefficient (Wildman–Crippen LogP) is 4.63. The maximum absolute atomic E-state index is 12.1.